The number of aliphatic imine (C=N–C) groups is 1. The van der Waals surface area contributed by atoms with E-state index in [0.29, 0.717) is 6.61 Å². The summed E-state index contributed by atoms with van der Waals surface area (Å²) >= 11 is 0. The Kier molecular flexibility index (Phi) is 5.90. The quantitative estimate of drug-likeness (QED) is 0.619. The lowest BCUT2D eigenvalue weighted by atomic mass is 10.2. The number of guanidine groups is 1. The Balaban J connectivity index is 1.69. The lowest BCUT2D eigenvalue weighted by molar-refractivity contribution is 0.280. The monoisotopic (exact) mass is 289 g/mol. The molecule has 1 aromatic rings. The second kappa shape index (κ2) is 7.91. The van der Waals surface area contributed by atoms with E-state index in [1.165, 1.54) is 24.8 Å². The van der Waals surface area contributed by atoms with E-state index in [1.807, 2.05) is 32.3 Å². The van der Waals surface area contributed by atoms with Crippen molar-refractivity contribution in [1.29, 1.82) is 0 Å². The third-order valence-electron chi connectivity index (χ3n) is 3.88. The molecule has 1 aromatic carbocycles. The van der Waals surface area contributed by atoms with Gasteiger partial charge in [0.05, 0.1) is 6.54 Å². The van der Waals surface area contributed by atoms with Gasteiger partial charge in [-0.05, 0) is 30.9 Å². The summed E-state index contributed by atoms with van der Waals surface area (Å²) in [5.41, 5.74) is 1.17. The van der Waals surface area contributed by atoms with Gasteiger partial charge in [0.15, 0.2) is 5.96 Å². The molecule has 0 saturated heterocycles. The Bertz CT molecular complexity index is 469. The number of likely N-dealkylation sites (N-methyl/N-ethyl adjacent to an activating group) is 1. The summed E-state index contributed by atoms with van der Waals surface area (Å²) in [5.74, 6) is 2.86. The molecular formula is C17H27N3O. The maximum absolute atomic E-state index is 5.83. The first-order valence-corrected chi connectivity index (χ1v) is 7.81. The number of para-hydroxylation sites is 1. The number of hydrogen-bond donors (Lipinski definition) is 1. The van der Waals surface area contributed by atoms with Crippen molar-refractivity contribution in [2.45, 2.75) is 26.2 Å². The van der Waals surface area contributed by atoms with Gasteiger partial charge in [0.1, 0.15) is 12.4 Å². The van der Waals surface area contributed by atoms with Gasteiger partial charge in [-0.1, -0.05) is 31.0 Å². The minimum atomic E-state index is 0.657. The van der Waals surface area contributed by atoms with Crippen molar-refractivity contribution in [2.75, 3.05) is 33.8 Å². The highest BCUT2D eigenvalue weighted by atomic mass is 16.5. The fraction of sp³-hybridized carbons (Fsp3) is 0.588. The number of ether oxygens (including phenoxy) is 1. The highest BCUT2D eigenvalue weighted by molar-refractivity contribution is 5.79. The van der Waals surface area contributed by atoms with E-state index < -0.39 is 0 Å². The maximum Gasteiger partial charge on any atom is 0.193 e. The van der Waals surface area contributed by atoms with Crippen LogP contribution in [0.4, 0.5) is 0 Å². The van der Waals surface area contributed by atoms with E-state index in [4.69, 9.17) is 4.74 Å². The molecule has 1 aliphatic carbocycles. The largest absolute Gasteiger partial charge is 0.491 e. The van der Waals surface area contributed by atoms with Crippen molar-refractivity contribution < 1.29 is 4.74 Å². The topological polar surface area (TPSA) is 36.9 Å². The van der Waals surface area contributed by atoms with E-state index in [-0.39, 0.29) is 0 Å². The molecule has 0 spiro atoms. The Labute approximate surface area is 128 Å². The van der Waals surface area contributed by atoms with E-state index in [2.05, 4.69) is 28.2 Å². The van der Waals surface area contributed by atoms with Gasteiger partial charge in [-0.2, -0.15) is 0 Å². The molecule has 1 aliphatic rings. The van der Waals surface area contributed by atoms with Crippen molar-refractivity contribution >= 4 is 5.96 Å². The zero-order valence-electron chi connectivity index (χ0n) is 13.4. The molecule has 4 heteroatoms. The zero-order chi connectivity index (χ0) is 15.1. The van der Waals surface area contributed by atoms with Crippen molar-refractivity contribution in [3.05, 3.63) is 29.8 Å². The molecule has 21 heavy (non-hydrogen) atoms. The number of rotatable bonds is 7. The summed E-state index contributed by atoms with van der Waals surface area (Å²) in [6, 6.07) is 8.11. The minimum Gasteiger partial charge on any atom is -0.491 e. The van der Waals surface area contributed by atoms with Crippen LogP contribution in [0.25, 0.3) is 0 Å². The molecule has 0 heterocycles. The van der Waals surface area contributed by atoms with Crippen LogP contribution in [0.2, 0.25) is 0 Å². The summed E-state index contributed by atoms with van der Waals surface area (Å²) in [6.07, 6.45) is 4.06. The molecule has 0 unspecified atom stereocenters. The molecule has 0 bridgehead atoms. The van der Waals surface area contributed by atoms with Gasteiger partial charge in [-0.25, -0.2) is 0 Å². The molecule has 1 saturated carbocycles. The molecule has 4 nitrogen and oxygen atoms in total. The lowest BCUT2D eigenvalue weighted by Gasteiger charge is -2.22. The van der Waals surface area contributed by atoms with E-state index in [1.54, 1.807) is 0 Å². The first-order valence-electron chi connectivity index (χ1n) is 7.81. The average Bonchev–Trinajstić information content (AvgIpc) is 3.30. The van der Waals surface area contributed by atoms with E-state index in [0.717, 1.165) is 30.7 Å². The van der Waals surface area contributed by atoms with Gasteiger partial charge >= 0.3 is 0 Å². The second-order valence-corrected chi connectivity index (χ2v) is 5.74. The van der Waals surface area contributed by atoms with Crippen molar-refractivity contribution in [3.63, 3.8) is 0 Å². The third kappa shape index (κ3) is 5.29. The smallest absolute Gasteiger partial charge is 0.193 e. The molecule has 2 rings (SSSR count). The fourth-order valence-electron chi connectivity index (χ4n) is 2.30. The van der Waals surface area contributed by atoms with Gasteiger partial charge in [-0.3, -0.25) is 4.99 Å². The molecule has 0 aromatic heterocycles. The predicted molar refractivity (Wildman–Crippen MR) is 88.0 cm³/mol. The van der Waals surface area contributed by atoms with Crippen LogP contribution >= 0.6 is 0 Å². The minimum absolute atomic E-state index is 0.657. The second-order valence-electron chi connectivity index (χ2n) is 5.74. The first kappa shape index (κ1) is 15.7. The molecule has 1 fully saturated rings. The first-order chi connectivity index (χ1) is 10.2. The Morgan fingerprint density at radius 3 is 2.81 bits per heavy atom. The summed E-state index contributed by atoms with van der Waals surface area (Å²) in [5, 5.41) is 3.42. The van der Waals surface area contributed by atoms with Gasteiger partial charge in [0.25, 0.3) is 0 Å². The highest BCUT2D eigenvalue weighted by Crippen LogP contribution is 2.31. The van der Waals surface area contributed by atoms with Crippen LogP contribution in [0.5, 0.6) is 5.75 Å². The van der Waals surface area contributed by atoms with Crippen LogP contribution < -0.4 is 10.1 Å². The average molecular weight is 289 g/mol. The molecule has 0 radical (unpaired) electrons. The molecule has 0 amide bonds. The molecule has 1 N–H and O–H groups in total. The van der Waals surface area contributed by atoms with Crippen LogP contribution in [0, 0.1) is 12.8 Å². The SMILES string of the molecule is CN=C(NCCC1CC1)N(C)CCOc1ccccc1C. The number of benzene rings is 1. The fourth-order valence-corrected chi connectivity index (χ4v) is 2.30. The van der Waals surface area contributed by atoms with Gasteiger partial charge in [-0.15, -0.1) is 0 Å². The molecular weight excluding hydrogens is 262 g/mol. The lowest BCUT2D eigenvalue weighted by Crippen LogP contribution is -2.41. The number of nitrogens with one attached hydrogen (secondary N) is 1. The third-order valence-corrected chi connectivity index (χ3v) is 3.88. The van der Waals surface area contributed by atoms with Crippen LogP contribution in [-0.4, -0.2) is 44.7 Å². The van der Waals surface area contributed by atoms with Crippen molar-refractivity contribution in [1.82, 2.24) is 10.2 Å². The predicted octanol–water partition coefficient (Wildman–Crippen LogP) is 2.68. The summed E-state index contributed by atoms with van der Waals surface area (Å²) in [7, 11) is 3.88. The summed E-state index contributed by atoms with van der Waals surface area (Å²) in [6.45, 7) is 4.56. The van der Waals surface area contributed by atoms with Crippen molar-refractivity contribution in [2.24, 2.45) is 10.9 Å². The summed E-state index contributed by atoms with van der Waals surface area (Å²) < 4.78 is 5.83. The maximum atomic E-state index is 5.83. The highest BCUT2D eigenvalue weighted by Gasteiger charge is 2.20. The van der Waals surface area contributed by atoms with Gasteiger partial charge in [0, 0.05) is 20.6 Å². The normalized spacial score (nSPS) is 14.9. The Morgan fingerprint density at radius 1 is 1.38 bits per heavy atom. The van der Waals surface area contributed by atoms with Crippen molar-refractivity contribution in [3.8, 4) is 5.75 Å². The number of aryl methyl sites for hydroxylation is 1. The van der Waals surface area contributed by atoms with E-state index in [9.17, 15) is 0 Å². The van der Waals surface area contributed by atoms with Crippen LogP contribution in [-0.2, 0) is 0 Å². The zero-order valence-corrected chi connectivity index (χ0v) is 13.4. The van der Waals surface area contributed by atoms with Crippen LogP contribution in [0.1, 0.15) is 24.8 Å². The van der Waals surface area contributed by atoms with Crippen LogP contribution in [0.15, 0.2) is 29.3 Å². The number of hydrogen-bond acceptors (Lipinski definition) is 2. The van der Waals surface area contributed by atoms with E-state index >= 15 is 0 Å². The summed E-state index contributed by atoms with van der Waals surface area (Å²) in [4.78, 5) is 6.44. The molecule has 0 atom stereocenters. The Morgan fingerprint density at radius 2 is 2.14 bits per heavy atom. The molecule has 0 aliphatic heterocycles. The standard InChI is InChI=1S/C17H27N3O/c1-14-6-4-5-7-16(14)21-13-12-20(3)17(18-2)19-11-10-15-8-9-15/h4-7,15H,8-13H2,1-3H3,(H,18,19). The van der Waals surface area contributed by atoms with Crippen LogP contribution in [0.3, 0.4) is 0 Å². The molecule has 116 valence electrons. The number of nitrogens with zero attached hydrogens (tertiary/aromatic N) is 2. The van der Waals surface area contributed by atoms with Gasteiger partial charge < -0.3 is 15.0 Å². The Hall–Kier alpha value is -1.71. The van der Waals surface area contributed by atoms with Gasteiger partial charge in [0.2, 0.25) is 0 Å².